The maximum absolute atomic E-state index is 12.3. The third-order valence-electron chi connectivity index (χ3n) is 2.94. The van der Waals surface area contributed by atoms with Crippen molar-refractivity contribution in [2.45, 2.75) is 33.0 Å². The molecule has 6 nitrogen and oxygen atoms in total. The van der Waals surface area contributed by atoms with Crippen LogP contribution in [-0.4, -0.2) is 50.0 Å². The van der Waals surface area contributed by atoms with Gasteiger partial charge in [-0.15, -0.1) is 24.0 Å². The standard InChI is InChI=1S/C16H25F3N4O2.HI/c1-3-20-15(22-9-6-10-24-4-2)23-11-13-7-5-8-21-14(13)25-12-16(17,18)19;/h5,7-8H,3-4,6,9-12H2,1-2H3,(H2,20,22,23);1H. The molecular weight excluding hydrogens is 464 g/mol. The van der Waals surface area contributed by atoms with E-state index in [4.69, 9.17) is 9.47 Å². The van der Waals surface area contributed by atoms with Crippen LogP contribution < -0.4 is 15.4 Å². The molecule has 0 radical (unpaired) electrons. The van der Waals surface area contributed by atoms with Gasteiger partial charge in [-0.25, -0.2) is 9.98 Å². The molecule has 0 spiro atoms. The fourth-order valence-electron chi connectivity index (χ4n) is 1.86. The SMILES string of the molecule is CCNC(=NCc1cccnc1OCC(F)(F)F)NCCCOCC.I. The molecule has 0 aliphatic carbocycles. The summed E-state index contributed by atoms with van der Waals surface area (Å²) in [6.07, 6.45) is -2.20. The van der Waals surface area contributed by atoms with Gasteiger partial charge >= 0.3 is 6.18 Å². The average molecular weight is 490 g/mol. The van der Waals surface area contributed by atoms with Crippen LogP contribution in [0.3, 0.4) is 0 Å². The van der Waals surface area contributed by atoms with Crippen LogP contribution in [0, 0.1) is 0 Å². The van der Waals surface area contributed by atoms with Crippen LogP contribution in [-0.2, 0) is 11.3 Å². The van der Waals surface area contributed by atoms with E-state index in [9.17, 15) is 13.2 Å². The summed E-state index contributed by atoms with van der Waals surface area (Å²) in [6.45, 7) is 5.32. The number of guanidine groups is 1. The zero-order valence-corrected chi connectivity index (χ0v) is 17.3. The van der Waals surface area contributed by atoms with Crippen molar-refractivity contribution in [3.8, 4) is 5.88 Å². The van der Waals surface area contributed by atoms with Crippen LogP contribution in [0.5, 0.6) is 5.88 Å². The molecule has 0 fully saturated rings. The van der Waals surface area contributed by atoms with E-state index in [0.717, 1.165) is 6.42 Å². The maximum atomic E-state index is 12.3. The first kappa shape index (κ1) is 24.7. The van der Waals surface area contributed by atoms with Crippen molar-refractivity contribution in [2.75, 3.05) is 32.9 Å². The quantitative estimate of drug-likeness (QED) is 0.229. The van der Waals surface area contributed by atoms with Crippen molar-refractivity contribution in [1.29, 1.82) is 0 Å². The van der Waals surface area contributed by atoms with Gasteiger partial charge in [-0.3, -0.25) is 0 Å². The van der Waals surface area contributed by atoms with E-state index in [0.29, 0.717) is 37.8 Å². The summed E-state index contributed by atoms with van der Waals surface area (Å²) in [4.78, 5) is 8.21. The first-order chi connectivity index (χ1) is 12.0. The highest BCUT2D eigenvalue weighted by Gasteiger charge is 2.29. The number of aliphatic imine (C=N–C) groups is 1. The monoisotopic (exact) mass is 490 g/mol. The summed E-state index contributed by atoms with van der Waals surface area (Å²) >= 11 is 0. The van der Waals surface area contributed by atoms with Gasteiger partial charge in [-0.05, 0) is 26.3 Å². The lowest BCUT2D eigenvalue weighted by atomic mass is 10.3. The van der Waals surface area contributed by atoms with Crippen LogP contribution >= 0.6 is 24.0 Å². The number of halogens is 4. The van der Waals surface area contributed by atoms with Gasteiger partial charge in [0, 0.05) is 38.1 Å². The lowest BCUT2D eigenvalue weighted by Crippen LogP contribution is -2.38. The number of aromatic nitrogens is 1. The summed E-state index contributed by atoms with van der Waals surface area (Å²) in [5.74, 6) is 0.514. The smallest absolute Gasteiger partial charge is 0.422 e. The summed E-state index contributed by atoms with van der Waals surface area (Å²) in [6, 6.07) is 3.27. The van der Waals surface area contributed by atoms with Crippen LogP contribution in [0.15, 0.2) is 23.3 Å². The van der Waals surface area contributed by atoms with Crippen LogP contribution in [0.2, 0.25) is 0 Å². The molecule has 0 bridgehead atoms. The largest absolute Gasteiger partial charge is 0.468 e. The lowest BCUT2D eigenvalue weighted by Gasteiger charge is -2.13. The Morgan fingerprint density at radius 3 is 2.69 bits per heavy atom. The van der Waals surface area contributed by atoms with E-state index in [-0.39, 0.29) is 36.4 Å². The summed E-state index contributed by atoms with van der Waals surface area (Å²) < 4.78 is 46.9. The van der Waals surface area contributed by atoms with Gasteiger partial charge < -0.3 is 20.1 Å². The Bertz CT molecular complexity index is 530. The molecule has 1 aromatic heterocycles. The molecule has 26 heavy (non-hydrogen) atoms. The zero-order valence-electron chi connectivity index (χ0n) is 14.9. The molecule has 150 valence electrons. The molecule has 0 amide bonds. The zero-order chi connectivity index (χ0) is 18.5. The number of rotatable bonds is 10. The fraction of sp³-hybridized carbons (Fsp3) is 0.625. The topological polar surface area (TPSA) is 67.8 Å². The second-order valence-corrected chi connectivity index (χ2v) is 5.04. The molecule has 1 heterocycles. The van der Waals surface area contributed by atoms with Gasteiger partial charge in [0.05, 0.1) is 6.54 Å². The summed E-state index contributed by atoms with van der Waals surface area (Å²) in [7, 11) is 0. The Labute approximate surface area is 169 Å². The van der Waals surface area contributed by atoms with E-state index in [1.54, 1.807) is 12.1 Å². The molecule has 1 rings (SSSR count). The molecule has 0 atom stereocenters. The molecule has 10 heteroatoms. The highest BCUT2D eigenvalue weighted by atomic mass is 127. The minimum absolute atomic E-state index is 0. The van der Waals surface area contributed by atoms with Gasteiger partial charge in [-0.1, -0.05) is 6.07 Å². The summed E-state index contributed by atoms with van der Waals surface area (Å²) in [5, 5.41) is 6.22. The minimum Gasteiger partial charge on any atom is -0.468 e. The second-order valence-electron chi connectivity index (χ2n) is 5.04. The van der Waals surface area contributed by atoms with Crippen molar-refractivity contribution in [2.24, 2.45) is 4.99 Å². The molecular formula is C16H26F3IN4O2. The Morgan fingerprint density at radius 2 is 2.04 bits per heavy atom. The Kier molecular flexibility index (Phi) is 13.2. The number of ether oxygens (including phenoxy) is 2. The predicted molar refractivity (Wildman–Crippen MR) is 105 cm³/mol. The van der Waals surface area contributed by atoms with Crippen LogP contribution in [0.25, 0.3) is 0 Å². The fourth-order valence-corrected chi connectivity index (χ4v) is 1.86. The number of hydrogen-bond acceptors (Lipinski definition) is 4. The molecule has 0 aliphatic heterocycles. The van der Waals surface area contributed by atoms with Crippen molar-refractivity contribution in [1.82, 2.24) is 15.6 Å². The lowest BCUT2D eigenvalue weighted by molar-refractivity contribution is -0.154. The first-order valence-corrected chi connectivity index (χ1v) is 8.19. The van der Waals surface area contributed by atoms with Crippen molar-refractivity contribution >= 4 is 29.9 Å². The molecule has 1 aromatic rings. The Hall–Kier alpha value is -1.30. The molecule has 0 saturated heterocycles. The van der Waals surface area contributed by atoms with Gasteiger partial charge in [0.2, 0.25) is 5.88 Å². The van der Waals surface area contributed by atoms with E-state index >= 15 is 0 Å². The van der Waals surface area contributed by atoms with Crippen LogP contribution in [0.1, 0.15) is 25.8 Å². The van der Waals surface area contributed by atoms with E-state index in [1.165, 1.54) is 6.20 Å². The number of alkyl halides is 3. The van der Waals surface area contributed by atoms with Gasteiger partial charge in [0.1, 0.15) is 0 Å². The van der Waals surface area contributed by atoms with Crippen molar-refractivity contribution in [3.63, 3.8) is 0 Å². The minimum atomic E-state index is -4.41. The highest BCUT2D eigenvalue weighted by molar-refractivity contribution is 14.0. The van der Waals surface area contributed by atoms with E-state index in [2.05, 4.69) is 20.6 Å². The van der Waals surface area contributed by atoms with Crippen LogP contribution in [0.4, 0.5) is 13.2 Å². The number of pyridine rings is 1. The third kappa shape index (κ3) is 11.3. The van der Waals surface area contributed by atoms with Gasteiger partial charge in [0.25, 0.3) is 0 Å². The number of nitrogens with zero attached hydrogens (tertiary/aromatic N) is 2. The third-order valence-corrected chi connectivity index (χ3v) is 2.94. The Balaban J connectivity index is 0.00000625. The molecule has 0 unspecified atom stereocenters. The molecule has 0 saturated carbocycles. The molecule has 2 N–H and O–H groups in total. The number of nitrogens with one attached hydrogen (secondary N) is 2. The predicted octanol–water partition coefficient (Wildman–Crippen LogP) is 3.12. The summed E-state index contributed by atoms with van der Waals surface area (Å²) in [5.41, 5.74) is 0.485. The molecule has 0 aromatic carbocycles. The van der Waals surface area contributed by atoms with Crippen molar-refractivity contribution < 1.29 is 22.6 Å². The van der Waals surface area contributed by atoms with E-state index < -0.39 is 12.8 Å². The van der Waals surface area contributed by atoms with E-state index in [1.807, 2.05) is 13.8 Å². The van der Waals surface area contributed by atoms with Gasteiger partial charge in [-0.2, -0.15) is 13.2 Å². The average Bonchev–Trinajstić information content (AvgIpc) is 2.57. The van der Waals surface area contributed by atoms with Gasteiger partial charge in [0.15, 0.2) is 12.6 Å². The highest BCUT2D eigenvalue weighted by Crippen LogP contribution is 2.20. The first-order valence-electron chi connectivity index (χ1n) is 8.19. The molecule has 0 aliphatic rings. The second kappa shape index (κ2) is 13.8. The Morgan fingerprint density at radius 1 is 1.27 bits per heavy atom. The normalized spacial score (nSPS) is 11.7. The maximum Gasteiger partial charge on any atom is 0.422 e. The number of hydrogen-bond donors (Lipinski definition) is 2. The van der Waals surface area contributed by atoms with Crippen molar-refractivity contribution in [3.05, 3.63) is 23.9 Å².